The molecule has 0 radical (unpaired) electrons. The summed E-state index contributed by atoms with van der Waals surface area (Å²) < 4.78 is 28.2. The van der Waals surface area contributed by atoms with E-state index in [4.69, 9.17) is 5.11 Å². The highest BCUT2D eigenvalue weighted by Crippen LogP contribution is 2.15. The Morgan fingerprint density at radius 2 is 1.95 bits per heavy atom. The average Bonchev–Trinajstić information content (AvgIpc) is 2.66. The number of nitrogens with one attached hydrogen (secondary N) is 1. The summed E-state index contributed by atoms with van der Waals surface area (Å²) in [6.45, 7) is 2.01. The molecule has 19 heavy (non-hydrogen) atoms. The second kappa shape index (κ2) is 5.02. The van der Waals surface area contributed by atoms with E-state index in [-0.39, 0.29) is 17.2 Å². The quantitative estimate of drug-likeness (QED) is 0.872. The lowest BCUT2D eigenvalue weighted by molar-refractivity contribution is 0.474. The molecule has 2 rings (SSSR count). The van der Waals surface area contributed by atoms with E-state index in [9.17, 15) is 8.42 Å². The molecule has 0 spiro atoms. The third kappa shape index (κ3) is 3.12. The summed E-state index contributed by atoms with van der Waals surface area (Å²) in [6, 6.07) is 5.38. The predicted octanol–water partition coefficient (Wildman–Crippen LogP) is 0.913. The number of nitrogens with zero attached hydrogens (tertiary/aromatic N) is 2. The van der Waals surface area contributed by atoms with Crippen molar-refractivity contribution >= 4 is 10.0 Å². The van der Waals surface area contributed by atoms with Crippen molar-refractivity contribution in [3.05, 3.63) is 41.7 Å². The number of aromatic nitrogens is 2. The SMILES string of the molecule is Cc1nn(C)cc1CNS(=O)(=O)c1ccc(O)cc1. The molecule has 0 aliphatic rings. The monoisotopic (exact) mass is 281 g/mol. The first-order valence-corrected chi connectivity index (χ1v) is 7.14. The fraction of sp³-hybridized carbons (Fsp3) is 0.250. The van der Waals surface area contributed by atoms with Gasteiger partial charge in [-0.25, -0.2) is 13.1 Å². The molecule has 2 aromatic rings. The van der Waals surface area contributed by atoms with Crippen LogP contribution in [0.15, 0.2) is 35.4 Å². The van der Waals surface area contributed by atoms with Gasteiger partial charge in [0.25, 0.3) is 0 Å². The van der Waals surface area contributed by atoms with E-state index in [2.05, 4.69) is 9.82 Å². The van der Waals surface area contributed by atoms with Gasteiger partial charge >= 0.3 is 0 Å². The van der Waals surface area contributed by atoms with Crippen molar-refractivity contribution in [2.45, 2.75) is 18.4 Å². The lowest BCUT2D eigenvalue weighted by Gasteiger charge is -2.06. The Labute approximate surface area is 111 Å². The van der Waals surface area contributed by atoms with Gasteiger partial charge in [0.15, 0.2) is 0 Å². The second-order valence-electron chi connectivity index (χ2n) is 4.23. The van der Waals surface area contributed by atoms with Crippen LogP contribution in [0.25, 0.3) is 0 Å². The minimum Gasteiger partial charge on any atom is -0.508 e. The molecule has 0 saturated heterocycles. The fourth-order valence-electron chi connectivity index (χ4n) is 1.70. The van der Waals surface area contributed by atoms with Crippen molar-refractivity contribution < 1.29 is 13.5 Å². The second-order valence-corrected chi connectivity index (χ2v) is 6.00. The number of phenols is 1. The molecule has 0 unspecified atom stereocenters. The molecule has 0 aliphatic heterocycles. The Morgan fingerprint density at radius 1 is 1.32 bits per heavy atom. The van der Waals surface area contributed by atoms with Crippen molar-refractivity contribution in [2.24, 2.45) is 7.05 Å². The Kier molecular flexibility index (Phi) is 3.59. The lowest BCUT2D eigenvalue weighted by Crippen LogP contribution is -2.23. The topological polar surface area (TPSA) is 84.2 Å². The van der Waals surface area contributed by atoms with Crippen LogP contribution in [-0.2, 0) is 23.6 Å². The number of aromatic hydroxyl groups is 1. The van der Waals surface area contributed by atoms with Crippen LogP contribution in [-0.4, -0.2) is 23.3 Å². The van der Waals surface area contributed by atoms with Gasteiger partial charge in [-0.15, -0.1) is 0 Å². The Bertz CT molecular complexity index is 675. The molecule has 102 valence electrons. The molecule has 0 bridgehead atoms. The van der Waals surface area contributed by atoms with E-state index >= 15 is 0 Å². The maximum Gasteiger partial charge on any atom is 0.240 e. The van der Waals surface area contributed by atoms with Crippen molar-refractivity contribution in [3.8, 4) is 5.75 Å². The molecular weight excluding hydrogens is 266 g/mol. The summed E-state index contributed by atoms with van der Waals surface area (Å²) in [6.07, 6.45) is 1.77. The van der Waals surface area contributed by atoms with Crippen LogP contribution < -0.4 is 4.72 Å². The van der Waals surface area contributed by atoms with E-state index in [0.717, 1.165) is 11.3 Å². The van der Waals surface area contributed by atoms with Crippen LogP contribution in [0.1, 0.15) is 11.3 Å². The van der Waals surface area contributed by atoms with Crippen molar-refractivity contribution in [3.63, 3.8) is 0 Å². The van der Waals surface area contributed by atoms with Crippen LogP contribution in [0.3, 0.4) is 0 Å². The molecule has 2 N–H and O–H groups in total. The molecule has 0 fully saturated rings. The van der Waals surface area contributed by atoms with Crippen molar-refractivity contribution in [1.82, 2.24) is 14.5 Å². The normalized spacial score (nSPS) is 11.7. The molecule has 0 amide bonds. The number of hydrogen-bond donors (Lipinski definition) is 2. The minimum absolute atomic E-state index is 0.0297. The van der Waals surface area contributed by atoms with Crippen LogP contribution in [0.2, 0.25) is 0 Å². The summed E-state index contributed by atoms with van der Waals surface area (Å²) in [4.78, 5) is 0.117. The van der Waals surface area contributed by atoms with Gasteiger partial charge in [-0.2, -0.15) is 5.10 Å². The number of sulfonamides is 1. The smallest absolute Gasteiger partial charge is 0.240 e. The highest BCUT2D eigenvalue weighted by molar-refractivity contribution is 7.89. The minimum atomic E-state index is -3.58. The van der Waals surface area contributed by atoms with Crippen LogP contribution >= 0.6 is 0 Å². The van der Waals surface area contributed by atoms with Gasteiger partial charge in [0.05, 0.1) is 10.6 Å². The molecule has 0 atom stereocenters. The Hall–Kier alpha value is -1.86. The molecule has 1 heterocycles. The van der Waals surface area contributed by atoms with Crippen LogP contribution in [0.5, 0.6) is 5.75 Å². The van der Waals surface area contributed by atoms with Gasteiger partial charge in [-0.3, -0.25) is 4.68 Å². The molecule has 1 aromatic carbocycles. The molecule has 6 nitrogen and oxygen atoms in total. The maximum absolute atomic E-state index is 12.0. The average molecular weight is 281 g/mol. The Balaban J connectivity index is 2.14. The number of phenolic OH excluding ortho intramolecular Hbond substituents is 1. The third-order valence-corrected chi connectivity index (χ3v) is 4.13. The van der Waals surface area contributed by atoms with E-state index in [0.29, 0.717) is 0 Å². The first-order chi connectivity index (χ1) is 8.88. The molecular formula is C12H15N3O3S. The number of rotatable bonds is 4. The highest BCUT2D eigenvalue weighted by atomic mass is 32.2. The molecule has 0 aliphatic carbocycles. The van der Waals surface area contributed by atoms with Gasteiger partial charge in [-0.05, 0) is 31.2 Å². The zero-order valence-electron chi connectivity index (χ0n) is 10.7. The number of hydrogen-bond acceptors (Lipinski definition) is 4. The summed E-state index contributed by atoms with van der Waals surface area (Å²) in [5, 5.41) is 13.3. The van der Waals surface area contributed by atoms with Gasteiger partial charge in [0.2, 0.25) is 10.0 Å². The summed E-state index contributed by atoms with van der Waals surface area (Å²) in [5.41, 5.74) is 1.61. The third-order valence-electron chi connectivity index (χ3n) is 2.71. The zero-order valence-corrected chi connectivity index (χ0v) is 11.5. The van der Waals surface area contributed by atoms with E-state index in [1.165, 1.54) is 24.3 Å². The first-order valence-electron chi connectivity index (χ1n) is 5.66. The predicted molar refractivity (Wildman–Crippen MR) is 70.1 cm³/mol. The number of benzene rings is 1. The lowest BCUT2D eigenvalue weighted by atomic mass is 10.3. The summed E-state index contributed by atoms with van der Waals surface area (Å²) >= 11 is 0. The molecule has 1 aromatic heterocycles. The van der Waals surface area contributed by atoms with Crippen LogP contribution in [0.4, 0.5) is 0 Å². The standard InChI is InChI=1S/C12H15N3O3S/c1-9-10(8-15(2)14-9)7-13-19(17,18)12-5-3-11(16)4-6-12/h3-6,8,13,16H,7H2,1-2H3. The summed E-state index contributed by atoms with van der Waals surface area (Å²) in [5.74, 6) is 0.0297. The number of aryl methyl sites for hydroxylation is 2. The van der Waals surface area contributed by atoms with Gasteiger partial charge < -0.3 is 5.11 Å². The van der Waals surface area contributed by atoms with Crippen molar-refractivity contribution in [1.29, 1.82) is 0 Å². The van der Waals surface area contributed by atoms with Gasteiger partial charge in [0, 0.05) is 25.4 Å². The van der Waals surface area contributed by atoms with Crippen molar-refractivity contribution in [2.75, 3.05) is 0 Å². The van der Waals surface area contributed by atoms with Gasteiger partial charge in [-0.1, -0.05) is 0 Å². The summed E-state index contributed by atoms with van der Waals surface area (Å²) in [7, 11) is -1.80. The maximum atomic E-state index is 12.0. The molecule has 7 heteroatoms. The fourth-order valence-corrected chi connectivity index (χ4v) is 2.71. The van der Waals surface area contributed by atoms with Gasteiger partial charge in [0.1, 0.15) is 5.75 Å². The zero-order chi connectivity index (χ0) is 14.0. The first kappa shape index (κ1) is 13.6. The van der Waals surface area contributed by atoms with Crippen LogP contribution in [0, 0.1) is 6.92 Å². The largest absolute Gasteiger partial charge is 0.508 e. The Morgan fingerprint density at radius 3 is 2.47 bits per heavy atom. The van der Waals surface area contributed by atoms with E-state index in [1.807, 2.05) is 6.92 Å². The molecule has 0 saturated carbocycles. The van der Waals surface area contributed by atoms with E-state index < -0.39 is 10.0 Å². The highest BCUT2D eigenvalue weighted by Gasteiger charge is 2.14. The van der Waals surface area contributed by atoms with E-state index in [1.54, 1.807) is 17.9 Å².